The Kier molecular flexibility index (Phi) is 5.59. The first-order chi connectivity index (χ1) is 13.4. The zero-order valence-corrected chi connectivity index (χ0v) is 14.9. The lowest BCUT2D eigenvalue weighted by atomic mass is 9.98. The predicted molar refractivity (Wildman–Crippen MR) is 102 cm³/mol. The molecule has 1 heterocycles. The summed E-state index contributed by atoms with van der Waals surface area (Å²) in [6, 6.07) is 14.5. The van der Waals surface area contributed by atoms with Gasteiger partial charge in [-0.25, -0.2) is 0 Å². The molecule has 0 fully saturated rings. The molecule has 142 valence electrons. The third kappa shape index (κ3) is 4.11. The van der Waals surface area contributed by atoms with Crippen molar-refractivity contribution in [3.05, 3.63) is 83.2 Å². The number of rotatable bonds is 5. The molecule has 0 saturated heterocycles. The van der Waals surface area contributed by atoms with E-state index in [4.69, 9.17) is 4.74 Å². The summed E-state index contributed by atoms with van der Waals surface area (Å²) in [5, 5.41) is 0. The van der Waals surface area contributed by atoms with Crippen LogP contribution in [-0.2, 0) is 6.18 Å². The van der Waals surface area contributed by atoms with E-state index in [1.807, 2.05) is 0 Å². The van der Waals surface area contributed by atoms with Gasteiger partial charge in [-0.1, -0.05) is 42.5 Å². The summed E-state index contributed by atoms with van der Waals surface area (Å²) in [6.45, 7) is 0. The molecular weight excluding hydrogens is 367 g/mol. The van der Waals surface area contributed by atoms with Crippen molar-refractivity contribution >= 4 is 18.4 Å². The molecule has 0 N–H and O–H groups in total. The molecular formula is C22H16F3NO2. The van der Waals surface area contributed by atoms with Crippen molar-refractivity contribution in [1.29, 1.82) is 0 Å². The summed E-state index contributed by atoms with van der Waals surface area (Å²) in [5.74, 6) is 0.346. The van der Waals surface area contributed by atoms with Gasteiger partial charge < -0.3 is 4.74 Å². The van der Waals surface area contributed by atoms with Crippen molar-refractivity contribution in [1.82, 2.24) is 4.98 Å². The Morgan fingerprint density at radius 2 is 1.75 bits per heavy atom. The minimum Gasteiger partial charge on any atom is -0.496 e. The number of ether oxygens (including phenoxy) is 1. The molecule has 0 amide bonds. The molecule has 0 atom stereocenters. The highest BCUT2D eigenvalue weighted by Gasteiger charge is 2.36. The van der Waals surface area contributed by atoms with Gasteiger partial charge in [-0.3, -0.25) is 9.78 Å². The molecule has 28 heavy (non-hydrogen) atoms. The minimum absolute atomic E-state index is 0.0663. The Bertz CT molecular complexity index is 1010. The first-order valence-electron chi connectivity index (χ1n) is 8.37. The van der Waals surface area contributed by atoms with Gasteiger partial charge >= 0.3 is 6.18 Å². The van der Waals surface area contributed by atoms with Gasteiger partial charge in [-0.2, -0.15) is 13.2 Å². The number of alkyl halides is 3. The number of benzene rings is 2. The van der Waals surface area contributed by atoms with E-state index >= 15 is 0 Å². The van der Waals surface area contributed by atoms with Crippen LogP contribution >= 0.6 is 0 Å². The molecule has 1 aromatic heterocycles. The largest absolute Gasteiger partial charge is 0.496 e. The molecule has 3 nitrogen and oxygen atoms in total. The second-order valence-corrected chi connectivity index (χ2v) is 5.94. The van der Waals surface area contributed by atoms with Crippen molar-refractivity contribution in [2.24, 2.45) is 0 Å². The topological polar surface area (TPSA) is 39.2 Å². The highest BCUT2D eigenvalue weighted by molar-refractivity contribution is 5.82. The second-order valence-electron chi connectivity index (χ2n) is 5.94. The molecule has 0 aliphatic carbocycles. The van der Waals surface area contributed by atoms with Crippen molar-refractivity contribution < 1.29 is 22.7 Å². The number of hydrogen-bond donors (Lipinski definition) is 0. The van der Waals surface area contributed by atoms with Gasteiger partial charge in [0.25, 0.3) is 0 Å². The number of aromatic nitrogens is 1. The van der Waals surface area contributed by atoms with Gasteiger partial charge in [0, 0.05) is 6.20 Å². The number of aldehydes is 1. The molecule has 3 aromatic rings. The predicted octanol–water partition coefficient (Wildman–Crippen LogP) is 5.76. The fourth-order valence-corrected chi connectivity index (χ4v) is 2.86. The van der Waals surface area contributed by atoms with E-state index in [-0.39, 0.29) is 11.3 Å². The normalized spacial score (nSPS) is 11.6. The lowest BCUT2D eigenvalue weighted by molar-refractivity contribution is -0.137. The van der Waals surface area contributed by atoms with Crippen LogP contribution in [0.25, 0.3) is 23.3 Å². The van der Waals surface area contributed by atoms with Gasteiger partial charge in [0.05, 0.1) is 23.9 Å². The number of pyridine rings is 1. The van der Waals surface area contributed by atoms with Crippen LogP contribution in [0.5, 0.6) is 5.75 Å². The first-order valence-corrected chi connectivity index (χ1v) is 8.37. The van der Waals surface area contributed by atoms with Gasteiger partial charge in [0.2, 0.25) is 0 Å². The first kappa shape index (κ1) is 19.4. The maximum absolute atomic E-state index is 13.8. The highest BCUT2D eigenvalue weighted by Crippen LogP contribution is 2.39. The molecule has 6 heteroatoms. The third-order valence-corrected chi connectivity index (χ3v) is 4.17. The summed E-state index contributed by atoms with van der Waals surface area (Å²) in [6.07, 6.45) is 0.249. The van der Waals surface area contributed by atoms with Crippen LogP contribution in [0.4, 0.5) is 13.2 Å². The third-order valence-electron chi connectivity index (χ3n) is 4.17. The molecule has 0 aliphatic rings. The van der Waals surface area contributed by atoms with Gasteiger partial charge in [0.15, 0.2) is 6.29 Å². The van der Waals surface area contributed by atoms with Crippen LogP contribution in [0.15, 0.2) is 60.8 Å². The SMILES string of the molecule is COc1cc(C=Cc2nccc(-c3ccccc3)c2C(F)(F)F)ccc1C=O. The summed E-state index contributed by atoms with van der Waals surface area (Å²) in [4.78, 5) is 14.9. The van der Waals surface area contributed by atoms with Crippen LogP contribution in [0.3, 0.4) is 0 Å². The number of carbonyl (C=O) groups is 1. The van der Waals surface area contributed by atoms with E-state index in [2.05, 4.69) is 4.98 Å². The summed E-state index contributed by atoms with van der Waals surface area (Å²) in [7, 11) is 1.42. The van der Waals surface area contributed by atoms with Crippen molar-refractivity contribution in [2.75, 3.05) is 7.11 Å². The molecule has 0 radical (unpaired) electrons. The maximum Gasteiger partial charge on any atom is 0.419 e. The number of halogens is 3. The summed E-state index contributed by atoms with van der Waals surface area (Å²) < 4.78 is 46.5. The van der Waals surface area contributed by atoms with E-state index in [0.29, 0.717) is 28.7 Å². The summed E-state index contributed by atoms with van der Waals surface area (Å²) >= 11 is 0. The van der Waals surface area contributed by atoms with E-state index < -0.39 is 11.7 Å². The molecule has 2 aromatic carbocycles. The number of carbonyl (C=O) groups excluding carboxylic acids is 1. The standard InChI is InChI=1S/C22H16F3NO2/c1-28-20-13-15(7-9-17(20)14-27)8-10-19-21(22(23,24)25)18(11-12-26-19)16-5-3-2-4-6-16/h2-14H,1H3. The fourth-order valence-electron chi connectivity index (χ4n) is 2.86. The Morgan fingerprint density at radius 1 is 1.00 bits per heavy atom. The lowest BCUT2D eigenvalue weighted by Gasteiger charge is -2.15. The molecule has 0 aliphatic heterocycles. The van der Waals surface area contributed by atoms with E-state index in [1.165, 1.54) is 31.5 Å². The fraction of sp³-hybridized carbons (Fsp3) is 0.0909. The van der Waals surface area contributed by atoms with E-state index in [0.717, 1.165) is 0 Å². The monoisotopic (exact) mass is 383 g/mol. The maximum atomic E-state index is 13.8. The molecule has 0 unspecified atom stereocenters. The van der Waals surface area contributed by atoms with E-state index in [1.54, 1.807) is 48.5 Å². The number of methoxy groups -OCH3 is 1. The minimum atomic E-state index is -4.57. The van der Waals surface area contributed by atoms with Crippen molar-refractivity contribution in [2.45, 2.75) is 6.18 Å². The Balaban J connectivity index is 2.08. The number of hydrogen-bond acceptors (Lipinski definition) is 3. The van der Waals surface area contributed by atoms with Gasteiger partial charge in [0.1, 0.15) is 5.75 Å². The van der Waals surface area contributed by atoms with Gasteiger partial charge in [-0.15, -0.1) is 0 Å². The second kappa shape index (κ2) is 8.08. The van der Waals surface area contributed by atoms with E-state index in [9.17, 15) is 18.0 Å². The van der Waals surface area contributed by atoms with Gasteiger partial charge in [-0.05, 0) is 41.0 Å². The van der Waals surface area contributed by atoms with Crippen LogP contribution in [0, 0.1) is 0 Å². The molecule has 0 spiro atoms. The average molecular weight is 383 g/mol. The summed E-state index contributed by atoms with van der Waals surface area (Å²) in [5.41, 5.74) is 0.490. The smallest absolute Gasteiger partial charge is 0.419 e. The Morgan fingerprint density at radius 3 is 2.39 bits per heavy atom. The zero-order valence-electron chi connectivity index (χ0n) is 14.9. The zero-order chi connectivity index (χ0) is 20.1. The Labute approximate surface area is 160 Å². The lowest BCUT2D eigenvalue weighted by Crippen LogP contribution is -2.11. The molecule has 0 saturated carbocycles. The van der Waals surface area contributed by atoms with Crippen molar-refractivity contribution in [3.8, 4) is 16.9 Å². The van der Waals surface area contributed by atoms with Crippen LogP contribution in [-0.4, -0.2) is 18.4 Å². The van der Waals surface area contributed by atoms with Crippen LogP contribution < -0.4 is 4.74 Å². The Hall–Kier alpha value is -3.41. The van der Waals surface area contributed by atoms with Crippen LogP contribution in [0.2, 0.25) is 0 Å². The number of nitrogens with zero attached hydrogens (tertiary/aromatic N) is 1. The van der Waals surface area contributed by atoms with Crippen molar-refractivity contribution in [3.63, 3.8) is 0 Å². The highest BCUT2D eigenvalue weighted by atomic mass is 19.4. The quantitative estimate of drug-likeness (QED) is 0.526. The average Bonchev–Trinajstić information content (AvgIpc) is 2.71. The molecule has 3 rings (SSSR count). The van der Waals surface area contributed by atoms with Crippen LogP contribution in [0.1, 0.15) is 27.2 Å². The molecule has 0 bridgehead atoms.